The van der Waals surface area contributed by atoms with E-state index in [1.54, 1.807) is 6.92 Å². The maximum atomic E-state index is 10.6. The highest BCUT2D eigenvalue weighted by molar-refractivity contribution is 5.79. The van der Waals surface area contributed by atoms with Crippen LogP contribution in [0.4, 0.5) is 0 Å². The lowest BCUT2D eigenvalue weighted by Gasteiger charge is -2.21. The van der Waals surface area contributed by atoms with Gasteiger partial charge in [-0.3, -0.25) is 0 Å². The van der Waals surface area contributed by atoms with Gasteiger partial charge < -0.3 is 25.1 Å². The van der Waals surface area contributed by atoms with Crippen LogP contribution in [0.25, 0.3) is 0 Å². The first-order valence-corrected chi connectivity index (χ1v) is 10.0. The number of nitrogens with zero attached hydrogens (tertiary/aromatic N) is 2. The second-order valence-corrected chi connectivity index (χ2v) is 7.42. The van der Waals surface area contributed by atoms with Crippen molar-refractivity contribution in [3.63, 3.8) is 0 Å². The number of guanidine groups is 1. The summed E-state index contributed by atoms with van der Waals surface area (Å²) in [6.07, 6.45) is 6.51. The van der Waals surface area contributed by atoms with Crippen molar-refractivity contribution in [1.82, 2.24) is 15.5 Å². The third-order valence-corrected chi connectivity index (χ3v) is 4.80. The van der Waals surface area contributed by atoms with E-state index < -0.39 is 5.60 Å². The molecule has 1 aliphatic rings. The van der Waals surface area contributed by atoms with E-state index in [9.17, 15) is 5.11 Å². The number of furan rings is 1. The topological polar surface area (TPSA) is 73.0 Å². The van der Waals surface area contributed by atoms with Crippen LogP contribution in [0, 0.1) is 6.92 Å². The lowest BCUT2D eigenvalue weighted by atomic mass is 10.0. The zero-order chi connectivity index (χ0) is 18.8. The molecule has 0 bridgehead atoms. The van der Waals surface area contributed by atoms with Gasteiger partial charge in [0.2, 0.25) is 0 Å². The Morgan fingerprint density at radius 2 is 1.96 bits per heavy atom. The van der Waals surface area contributed by atoms with Crippen molar-refractivity contribution in [2.24, 2.45) is 4.99 Å². The SMILES string of the molecule is CCNC(=NCC(C)(O)c1ccc(C)o1)NCCCN1CCCCCC1. The summed E-state index contributed by atoms with van der Waals surface area (Å²) in [5, 5.41) is 17.2. The Morgan fingerprint density at radius 1 is 1.23 bits per heavy atom. The van der Waals surface area contributed by atoms with Gasteiger partial charge in [-0.25, -0.2) is 4.99 Å². The second-order valence-electron chi connectivity index (χ2n) is 7.42. The van der Waals surface area contributed by atoms with Gasteiger partial charge >= 0.3 is 0 Å². The first-order chi connectivity index (χ1) is 12.5. The molecule has 148 valence electrons. The molecule has 2 heterocycles. The maximum absolute atomic E-state index is 10.6. The minimum absolute atomic E-state index is 0.251. The zero-order valence-corrected chi connectivity index (χ0v) is 16.7. The lowest BCUT2D eigenvalue weighted by molar-refractivity contribution is 0.0428. The average Bonchev–Trinajstić information content (AvgIpc) is 2.90. The van der Waals surface area contributed by atoms with Crippen molar-refractivity contribution in [2.75, 3.05) is 39.3 Å². The summed E-state index contributed by atoms with van der Waals surface area (Å²) in [6, 6.07) is 3.67. The minimum Gasteiger partial charge on any atom is -0.463 e. The fourth-order valence-corrected chi connectivity index (χ4v) is 3.25. The summed E-state index contributed by atoms with van der Waals surface area (Å²) in [5.41, 5.74) is -1.11. The van der Waals surface area contributed by atoms with Crippen LogP contribution in [0.15, 0.2) is 21.5 Å². The van der Waals surface area contributed by atoms with Gasteiger partial charge in [-0.1, -0.05) is 12.8 Å². The molecule has 1 atom stereocenters. The predicted octanol–water partition coefficient (Wildman–Crippen LogP) is 2.62. The zero-order valence-electron chi connectivity index (χ0n) is 16.7. The van der Waals surface area contributed by atoms with Gasteiger partial charge in [0, 0.05) is 13.1 Å². The number of hydrogen-bond donors (Lipinski definition) is 3. The van der Waals surface area contributed by atoms with Crippen molar-refractivity contribution in [2.45, 2.75) is 58.5 Å². The molecule has 0 amide bonds. The molecule has 1 aliphatic heterocycles. The van der Waals surface area contributed by atoms with Gasteiger partial charge in [-0.05, 0) is 71.8 Å². The number of likely N-dealkylation sites (tertiary alicyclic amines) is 1. The Bertz CT molecular complexity index is 546. The fraction of sp³-hybridized carbons (Fsp3) is 0.750. The lowest BCUT2D eigenvalue weighted by Crippen LogP contribution is -2.40. The summed E-state index contributed by atoms with van der Waals surface area (Å²) in [6.45, 7) is 11.2. The number of aryl methyl sites for hydroxylation is 1. The van der Waals surface area contributed by atoms with E-state index in [1.165, 1.54) is 38.8 Å². The van der Waals surface area contributed by atoms with Crippen LogP contribution in [-0.4, -0.2) is 55.2 Å². The van der Waals surface area contributed by atoms with Gasteiger partial charge in [-0.15, -0.1) is 0 Å². The third kappa shape index (κ3) is 7.00. The maximum Gasteiger partial charge on any atom is 0.191 e. The van der Waals surface area contributed by atoms with Gasteiger partial charge in [-0.2, -0.15) is 0 Å². The Morgan fingerprint density at radius 3 is 2.58 bits per heavy atom. The summed E-state index contributed by atoms with van der Waals surface area (Å²) in [4.78, 5) is 7.11. The van der Waals surface area contributed by atoms with Crippen LogP contribution in [0.3, 0.4) is 0 Å². The monoisotopic (exact) mass is 364 g/mol. The Balaban J connectivity index is 1.78. The molecule has 1 aromatic heterocycles. The van der Waals surface area contributed by atoms with Crippen molar-refractivity contribution in [3.05, 3.63) is 23.7 Å². The number of nitrogens with one attached hydrogen (secondary N) is 2. The van der Waals surface area contributed by atoms with Crippen LogP contribution >= 0.6 is 0 Å². The molecule has 6 nitrogen and oxygen atoms in total. The molecule has 0 aliphatic carbocycles. The van der Waals surface area contributed by atoms with Crippen LogP contribution in [0.1, 0.15) is 57.5 Å². The third-order valence-electron chi connectivity index (χ3n) is 4.80. The van der Waals surface area contributed by atoms with E-state index in [0.29, 0.717) is 5.76 Å². The smallest absolute Gasteiger partial charge is 0.191 e. The molecular weight excluding hydrogens is 328 g/mol. The Kier molecular flexibility index (Phi) is 8.45. The predicted molar refractivity (Wildman–Crippen MR) is 107 cm³/mol. The van der Waals surface area contributed by atoms with Crippen LogP contribution in [0.5, 0.6) is 0 Å². The van der Waals surface area contributed by atoms with Crippen LogP contribution in [0.2, 0.25) is 0 Å². The summed E-state index contributed by atoms with van der Waals surface area (Å²) >= 11 is 0. The minimum atomic E-state index is -1.11. The van der Waals surface area contributed by atoms with E-state index >= 15 is 0 Å². The summed E-state index contributed by atoms with van der Waals surface area (Å²) in [5.74, 6) is 2.09. The Labute approximate surface area is 158 Å². The Hall–Kier alpha value is -1.53. The molecule has 2 rings (SSSR count). The number of rotatable bonds is 8. The highest BCUT2D eigenvalue weighted by Crippen LogP contribution is 2.23. The molecule has 0 radical (unpaired) electrons. The van der Waals surface area contributed by atoms with Crippen molar-refractivity contribution in [3.8, 4) is 0 Å². The van der Waals surface area contributed by atoms with E-state index in [1.807, 2.05) is 26.0 Å². The van der Waals surface area contributed by atoms with Crippen molar-refractivity contribution in [1.29, 1.82) is 0 Å². The molecule has 1 saturated heterocycles. The molecule has 6 heteroatoms. The molecule has 1 aromatic rings. The molecular formula is C20H36N4O2. The van der Waals surface area contributed by atoms with Gasteiger partial charge in [0.05, 0.1) is 6.54 Å². The molecule has 1 unspecified atom stereocenters. The van der Waals surface area contributed by atoms with Crippen molar-refractivity contribution < 1.29 is 9.52 Å². The fourth-order valence-electron chi connectivity index (χ4n) is 3.25. The van der Waals surface area contributed by atoms with Gasteiger partial charge in [0.15, 0.2) is 5.96 Å². The molecule has 0 spiro atoms. The number of aliphatic imine (C=N–C) groups is 1. The molecule has 0 aromatic carbocycles. The summed E-state index contributed by atoms with van der Waals surface area (Å²) in [7, 11) is 0. The quantitative estimate of drug-likeness (QED) is 0.376. The molecule has 3 N–H and O–H groups in total. The van der Waals surface area contributed by atoms with Gasteiger partial charge in [0.25, 0.3) is 0 Å². The van der Waals surface area contributed by atoms with Crippen LogP contribution in [-0.2, 0) is 5.60 Å². The molecule has 26 heavy (non-hydrogen) atoms. The first-order valence-electron chi connectivity index (χ1n) is 10.0. The highest BCUT2D eigenvalue weighted by atomic mass is 16.4. The van der Waals surface area contributed by atoms with E-state index in [-0.39, 0.29) is 6.54 Å². The van der Waals surface area contributed by atoms with Gasteiger partial charge in [0.1, 0.15) is 17.1 Å². The first kappa shape index (κ1) is 20.8. The molecule has 0 saturated carbocycles. The normalized spacial score (nSPS) is 19.0. The van der Waals surface area contributed by atoms with Crippen molar-refractivity contribution >= 4 is 5.96 Å². The second kappa shape index (κ2) is 10.6. The van der Waals surface area contributed by atoms with Crippen LogP contribution < -0.4 is 10.6 Å². The van der Waals surface area contributed by atoms with E-state index in [2.05, 4.69) is 20.5 Å². The van der Waals surface area contributed by atoms with E-state index in [0.717, 1.165) is 37.8 Å². The molecule has 1 fully saturated rings. The standard InChI is InChI=1S/C20H36N4O2/c1-4-21-19(22-12-9-15-24-13-7-5-6-8-14-24)23-16-20(3,25)18-11-10-17(2)26-18/h10-11,25H,4-9,12-16H2,1-3H3,(H2,21,22,23). The number of aliphatic hydroxyl groups is 1. The largest absolute Gasteiger partial charge is 0.463 e. The number of hydrogen-bond acceptors (Lipinski definition) is 4. The average molecular weight is 365 g/mol. The summed E-state index contributed by atoms with van der Waals surface area (Å²) < 4.78 is 5.55. The van der Waals surface area contributed by atoms with E-state index in [4.69, 9.17) is 4.42 Å². The highest BCUT2D eigenvalue weighted by Gasteiger charge is 2.26.